The van der Waals surface area contributed by atoms with Gasteiger partial charge < -0.3 is 19.3 Å². The molecule has 0 N–H and O–H groups in total. The fraction of sp³-hybridized carbons (Fsp3) is 0.600. The molecule has 2 aromatic rings. The van der Waals surface area contributed by atoms with Crippen LogP contribution >= 0.6 is 0 Å². The SMILES string of the molecule is CCCN(CC1CC1)C(=O)Oc1ccc2cc(OC3CCN(C(C)C)CC3)ccc2n1. The van der Waals surface area contributed by atoms with Gasteiger partial charge in [-0.15, -0.1) is 0 Å². The highest BCUT2D eigenvalue weighted by atomic mass is 16.6. The minimum atomic E-state index is -0.298. The smallest absolute Gasteiger partial charge is 0.416 e. The molecule has 2 aliphatic rings. The van der Waals surface area contributed by atoms with E-state index < -0.39 is 0 Å². The van der Waals surface area contributed by atoms with Crippen molar-refractivity contribution in [2.75, 3.05) is 26.2 Å². The van der Waals surface area contributed by atoms with Crippen molar-refractivity contribution in [3.8, 4) is 11.6 Å². The van der Waals surface area contributed by atoms with Gasteiger partial charge in [0.15, 0.2) is 0 Å². The average Bonchev–Trinajstić information content (AvgIpc) is 3.58. The maximum absolute atomic E-state index is 12.6. The zero-order chi connectivity index (χ0) is 21.8. The van der Waals surface area contributed by atoms with Crippen LogP contribution in [0.1, 0.15) is 52.9 Å². The topological polar surface area (TPSA) is 54.9 Å². The number of pyridine rings is 1. The van der Waals surface area contributed by atoms with Crippen molar-refractivity contribution in [1.82, 2.24) is 14.8 Å². The number of rotatable bonds is 8. The Morgan fingerprint density at radius 1 is 1.16 bits per heavy atom. The van der Waals surface area contributed by atoms with Crippen molar-refractivity contribution < 1.29 is 14.3 Å². The third-order valence-corrected chi connectivity index (χ3v) is 6.26. The summed E-state index contributed by atoms with van der Waals surface area (Å²) in [5, 5.41) is 0.986. The van der Waals surface area contributed by atoms with Gasteiger partial charge in [0.2, 0.25) is 5.88 Å². The molecular weight excluding hydrogens is 390 g/mol. The molecule has 1 saturated carbocycles. The van der Waals surface area contributed by atoms with E-state index in [1.54, 1.807) is 6.07 Å². The van der Waals surface area contributed by atoms with Gasteiger partial charge in [-0.3, -0.25) is 0 Å². The van der Waals surface area contributed by atoms with Crippen molar-refractivity contribution in [3.63, 3.8) is 0 Å². The van der Waals surface area contributed by atoms with E-state index >= 15 is 0 Å². The normalized spacial score (nSPS) is 17.8. The third-order valence-electron chi connectivity index (χ3n) is 6.26. The molecule has 1 aromatic heterocycles. The summed E-state index contributed by atoms with van der Waals surface area (Å²) in [5.41, 5.74) is 0.802. The van der Waals surface area contributed by atoms with Crippen molar-refractivity contribution >= 4 is 17.0 Å². The van der Waals surface area contributed by atoms with Gasteiger partial charge in [0.05, 0.1) is 5.52 Å². The summed E-state index contributed by atoms with van der Waals surface area (Å²) in [4.78, 5) is 21.4. The van der Waals surface area contributed by atoms with E-state index in [0.717, 1.165) is 62.1 Å². The highest BCUT2D eigenvalue weighted by Gasteiger charge is 2.27. The molecule has 1 aromatic carbocycles. The second-order valence-electron chi connectivity index (χ2n) is 9.21. The Morgan fingerprint density at radius 3 is 2.61 bits per heavy atom. The molecule has 2 fully saturated rings. The van der Waals surface area contributed by atoms with E-state index in [9.17, 15) is 4.79 Å². The van der Waals surface area contributed by atoms with Crippen molar-refractivity contribution in [2.45, 2.75) is 65.0 Å². The van der Waals surface area contributed by atoms with Gasteiger partial charge >= 0.3 is 6.09 Å². The third kappa shape index (κ3) is 5.88. The Morgan fingerprint density at radius 2 is 1.94 bits per heavy atom. The van der Waals surface area contributed by atoms with Crippen LogP contribution in [0.5, 0.6) is 11.6 Å². The second kappa shape index (κ2) is 9.86. The molecule has 1 saturated heterocycles. The number of hydrogen-bond donors (Lipinski definition) is 0. The van der Waals surface area contributed by atoms with Crippen molar-refractivity contribution in [3.05, 3.63) is 30.3 Å². The fourth-order valence-electron chi connectivity index (χ4n) is 4.21. The Hall–Kier alpha value is -2.34. The first kappa shape index (κ1) is 21.9. The summed E-state index contributed by atoms with van der Waals surface area (Å²) in [5.74, 6) is 1.87. The van der Waals surface area contributed by atoms with E-state index in [1.165, 1.54) is 12.8 Å². The number of likely N-dealkylation sites (tertiary alicyclic amines) is 1. The Labute approximate surface area is 185 Å². The van der Waals surface area contributed by atoms with E-state index in [-0.39, 0.29) is 12.2 Å². The molecule has 168 valence electrons. The number of amides is 1. The molecule has 6 nitrogen and oxygen atoms in total. The number of piperidine rings is 1. The largest absolute Gasteiger partial charge is 0.490 e. The van der Waals surface area contributed by atoms with Crippen LogP contribution in [0.4, 0.5) is 4.79 Å². The molecule has 0 spiro atoms. The van der Waals surface area contributed by atoms with Crippen LogP contribution in [0.15, 0.2) is 30.3 Å². The summed E-state index contributed by atoms with van der Waals surface area (Å²) in [7, 11) is 0. The van der Waals surface area contributed by atoms with Crippen LogP contribution in [0, 0.1) is 5.92 Å². The minimum Gasteiger partial charge on any atom is -0.490 e. The number of nitrogens with zero attached hydrogens (tertiary/aromatic N) is 3. The molecule has 2 heterocycles. The molecule has 0 radical (unpaired) electrons. The minimum absolute atomic E-state index is 0.261. The average molecular weight is 426 g/mol. The predicted molar refractivity (Wildman–Crippen MR) is 123 cm³/mol. The van der Waals surface area contributed by atoms with Gasteiger partial charge in [-0.2, -0.15) is 0 Å². The maximum Gasteiger partial charge on any atom is 0.416 e. The standard InChI is InChI=1S/C25H35N3O3/c1-4-13-28(17-19-5-6-19)25(29)31-24-10-7-20-16-22(8-9-23(20)26-24)30-21-11-14-27(15-12-21)18(2)3/h7-10,16,18-19,21H,4-6,11-15,17H2,1-3H3. The maximum atomic E-state index is 12.6. The van der Waals surface area contributed by atoms with Crippen molar-refractivity contribution in [2.24, 2.45) is 5.92 Å². The number of fused-ring (bicyclic) bond motifs is 1. The van der Waals surface area contributed by atoms with E-state index in [0.29, 0.717) is 17.8 Å². The summed E-state index contributed by atoms with van der Waals surface area (Å²) in [6, 6.07) is 10.3. The molecule has 1 amide bonds. The number of carbonyl (C=O) groups is 1. The zero-order valence-electron chi connectivity index (χ0n) is 19.0. The molecule has 31 heavy (non-hydrogen) atoms. The monoisotopic (exact) mass is 425 g/mol. The molecule has 6 heteroatoms. The number of ether oxygens (including phenoxy) is 2. The number of benzene rings is 1. The first-order valence-electron chi connectivity index (χ1n) is 11.8. The second-order valence-corrected chi connectivity index (χ2v) is 9.21. The first-order chi connectivity index (χ1) is 15.0. The van der Waals surface area contributed by atoms with E-state index in [1.807, 2.05) is 29.2 Å². The first-order valence-corrected chi connectivity index (χ1v) is 11.8. The van der Waals surface area contributed by atoms with E-state index in [4.69, 9.17) is 9.47 Å². The number of hydrogen-bond acceptors (Lipinski definition) is 5. The lowest BCUT2D eigenvalue weighted by atomic mass is 10.1. The summed E-state index contributed by atoms with van der Waals surface area (Å²) < 4.78 is 11.8. The van der Waals surface area contributed by atoms with Gasteiger partial charge in [0.1, 0.15) is 11.9 Å². The van der Waals surface area contributed by atoms with Crippen LogP contribution < -0.4 is 9.47 Å². The van der Waals surface area contributed by atoms with Crippen LogP contribution in [0.25, 0.3) is 10.9 Å². The number of carbonyl (C=O) groups excluding carboxylic acids is 1. The fourth-order valence-corrected chi connectivity index (χ4v) is 4.21. The van der Waals surface area contributed by atoms with Gasteiger partial charge in [-0.05, 0) is 76.1 Å². The van der Waals surface area contributed by atoms with Gasteiger partial charge in [-0.25, -0.2) is 9.78 Å². The highest BCUT2D eigenvalue weighted by molar-refractivity contribution is 5.81. The summed E-state index contributed by atoms with van der Waals surface area (Å²) >= 11 is 0. The van der Waals surface area contributed by atoms with Crippen LogP contribution in [0.3, 0.4) is 0 Å². The Bertz CT molecular complexity index is 889. The molecule has 4 rings (SSSR count). The Kier molecular flexibility index (Phi) is 6.96. The molecular formula is C25H35N3O3. The molecule has 0 atom stereocenters. The lowest BCUT2D eigenvalue weighted by Gasteiger charge is -2.34. The molecule has 0 bridgehead atoms. The van der Waals surface area contributed by atoms with Gasteiger partial charge in [0, 0.05) is 43.7 Å². The molecule has 0 unspecified atom stereocenters. The zero-order valence-corrected chi connectivity index (χ0v) is 19.0. The molecule has 1 aliphatic carbocycles. The van der Waals surface area contributed by atoms with Crippen LogP contribution in [-0.4, -0.2) is 59.2 Å². The van der Waals surface area contributed by atoms with Gasteiger partial charge in [-0.1, -0.05) is 6.92 Å². The highest BCUT2D eigenvalue weighted by Crippen LogP contribution is 2.30. The van der Waals surface area contributed by atoms with Gasteiger partial charge in [0.25, 0.3) is 0 Å². The number of aromatic nitrogens is 1. The summed E-state index contributed by atoms with van der Waals surface area (Å²) in [6.07, 6.45) is 5.42. The summed E-state index contributed by atoms with van der Waals surface area (Å²) in [6.45, 7) is 10.3. The lowest BCUT2D eigenvalue weighted by Crippen LogP contribution is -2.41. The van der Waals surface area contributed by atoms with Crippen LogP contribution in [0.2, 0.25) is 0 Å². The quantitative estimate of drug-likeness (QED) is 0.588. The van der Waals surface area contributed by atoms with Crippen LogP contribution in [-0.2, 0) is 0 Å². The van der Waals surface area contributed by atoms with E-state index in [2.05, 4.69) is 30.7 Å². The predicted octanol–water partition coefficient (Wildman–Crippen LogP) is 5.11. The lowest BCUT2D eigenvalue weighted by molar-refractivity contribution is 0.0844. The Balaban J connectivity index is 1.37. The van der Waals surface area contributed by atoms with Crippen molar-refractivity contribution in [1.29, 1.82) is 0 Å². The molecule has 1 aliphatic heterocycles.